The molecule has 1 saturated carbocycles. The zero-order valence-corrected chi connectivity index (χ0v) is 17.9. The van der Waals surface area contributed by atoms with Crippen molar-refractivity contribution in [2.24, 2.45) is 17.8 Å². The number of amides is 2. The van der Waals surface area contributed by atoms with E-state index in [4.69, 9.17) is 0 Å². The first-order chi connectivity index (χ1) is 14.7. The van der Waals surface area contributed by atoms with E-state index in [9.17, 15) is 29.7 Å². The lowest BCUT2D eigenvalue weighted by atomic mass is 9.75. The van der Waals surface area contributed by atoms with Crippen LogP contribution in [0.3, 0.4) is 0 Å². The largest absolute Gasteiger partial charge is 0.504 e. The number of carbonyl (C=O) groups excluding carboxylic acids is 2. The quantitative estimate of drug-likeness (QED) is 0.418. The lowest BCUT2D eigenvalue weighted by Gasteiger charge is -2.35. The molecule has 1 aromatic carbocycles. The highest BCUT2D eigenvalue weighted by Crippen LogP contribution is 2.52. The van der Waals surface area contributed by atoms with Crippen molar-refractivity contribution in [3.8, 4) is 11.5 Å². The zero-order chi connectivity index (χ0) is 22.5. The van der Waals surface area contributed by atoms with E-state index in [0.29, 0.717) is 5.56 Å². The van der Waals surface area contributed by atoms with Crippen LogP contribution in [-0.2, 0) is 14.4 Å². The standard InChI is InChI=1S/C23H30N2O6/c1-12(2)11-23(22(30)31)18-17(19(24-23)13-8-9-15(26)16(27)10-13)20(28)25(21(18)29)14-6-4-3-5-7-14/h8-10,12,14,17-19,24,26-27H,3-7,11H2,1-2H3,(H,30,31). The first-order valence-electron chi connectivity index (χ1n) is 11.1. The van der Waals surface area contributed by atoms with E-state index in [1.807, 2.05) is 13.8 Å². The van der Waals surface area contributed by atoms with E-state index >= 15 is 0 Å². The van der Waals surface area contributed by atoms with Gasteiger partial charge in [-0.2, -0.15) is 0 Å². The number of aliphatic carboxylic acids is 1. The third-order valence-corrected chi connectivity index (χ3v) is 7.10. The summed E-state index contributed by atoms with van der Waals surface area (Å²) in [7, 11) is 0. The van der Waals surface area contributed by atoms with Crippen molar-refractivity contribution >= 4 is 17.8 Å². The van der Waals surface area contributed by atoms with Crippen LogP contribution in [0.5, 0.6) is 11.5 Å². The molecule has 1 aromatic rings. The Morgan fingerprint density at radius 2 is 1.81 bits per heavy atom. The number of benzene rings is 1. The molecule has 8 nitrogen and oxygen atoms in total. The van der Waals surface area contributed by atoms with E-state index in [2.05, 4.69) is 5.32 Å². The summed E-state index contributed by atoms with van der Waals surface area (Å²) < 4.78 is 0. The topological polar surface area (TPSA) is 127 Å². The molecule has 4 rings (SSSR count). The Hall–Kier alpha value is -2.61. The second kappa shape index (κ2) is 7.82. The van der Waals surface area contributed by atoms with Crippen LogP contribution in [0.1, 0.15) is 64.0 Å². The van der Waals surface area contributed by atoms with Crippen molar-refractivity contribution in [2.45, 2.75) is 70.0 Å². The van der Waals surface area contributed by atoms with Gasteiger partial charge in [0.05, 0.1) is 11.8 Å². The molecule has 31 heavy (non-hydrogen) atoms. The maximum atomic E-state index is 13.6. The number of hydrogen-bond acceptors (Lipinski definition) is 6. The summed E-state index contributed by atoms with van der Waals surface area (Å²) in [5.41, 5.74) is -1.10. The van der Waals surface area contributed by atoms with Gasteiger partial charge in [-0.15, -0.1) is 0 Å². The molecular formula is C23H30N2O6. The van der Waals surface area contributed by atoms with E-state index in [1.54, 1.807) is 6.07 Å². The summed E-state index contributed by atoms with van der Waals surface area (Å²) >= 11 is 0. The first-order valence-corrected chi connectivity index (χ1v) is 11.1. The number of fused-ring (bicyclic) bond motifs is 1. The van der Waals surface area contributed by atoms with Gasteiger partial charge in [-0.1, -0.05) is 39.2 Å². The van der Waals surface area contributed by atoms with Crippen LogP contribution < -0.4 is 5.32 Å². The third kappa shape index (κ3) is 3.37. The Morgan fingerprint density at radius 3 is 2.39 bits per heavy atom. The molecule has 0 aromatic heterocycles. The van der Waals surface area contributed by atoms with Gasteiger partial charge in [0.1, 0.15) is 5.54 Å². The van der Waals surface area contributed by atoms with Crippen LogP contribution in [0.2, 0.25) is 0 Å². The normalized spacial score (nSPS) is 31.5. The Bertz CT molecular complexity index is 909. The molecule has 0 radical (unpaired) electrons. The molecule has 3 aliphatic rings. The Morgan fingerprint density at radius 1 is 1.13 bits per heavy atom. The molecule has 4 unspecified atom stereocenters. The van der Waals surface area contributed by atoms with Crippen molar-refractivity contribution in [3.05, 3.63) is 23.8 Å². The molecule has 1 aliphatic carbocycles. The van der Waals surface area contributed by atoms with Gasteiger partial charge in [-0.25, -0.2) is 0 Å². The number of imide groups is 1. The average molecular weight is 431 g/mol. The van der Waals surface area contributed by atoms with Gasteiger partial charge < -0.3 is 15.3 Å². The minimum atomic E-state index is -1.58. The fraction of sp³-hybridized carbons (Fsp3) is 0.609. The highest BCUT2D eigenvalue weighted by Gasteiger charge is 2.69. The smallest absolute Gasteiger partial charge is 0.324 e. The monoisotopic (exact) mass is 430 g/mol. The molecule has 168 valence electrons. The van der Waals surface area contributed by atoms with Crippen molar-refractivity contribution < 1.29 is 29.7 Å². The maximum Gasteiger partial charge on any atom is 0.324 e. The number of phenolic OH excluding ortho intramolecular Hbond substituents is 2. The van der Waals surface area contributed by atoms with Gasteiger partial charge in [-0.05, 0) is 42.9 Å². The predicted molar refractivity (Wildman–Crippen MR) is 111 cm³/mol. The number of rotatable bonds is 5. The van der Waals surface area contributed by atoms with E-state index < -0.39 is 35.3 Å². The molecule has 8 heteroatoms. The van der Waals surface area contributed by atoms with Crippen LogP contribution in [0.15, 0.2) is 18.2 Å². The second-order valence-corrected chi connectivity index (χ2v) is 9.59. The van der Waals surface area contributed by atoms with Crippen molar-refractivity contribution in [1.29, 1.82) is 0 Å². The van der Waals surface area contributed by atoms with E-state index in [0.717, 1.165) is 32.1 Å². The van der Waals surface area contributed by atoms with Crippen molar-refractivity contribution in [3.63, 3.8) is 0 Å². The number of carbonyl (C=O) groups is 3. The molecule has 0 bridgehead atoms. The second-order valence-electron chi connectivity index (χ2n) is 9.59. The molecule has 2 amide bonds. The van der Waals surface area contributed by atoms with Crippen LogP contribution in [0, 0.1) is 17.8 Å². The van der Waals surface area contributed by atoms with Gasteiger partial charge in [0.15, 0.2) is 11.5 Å². The van der Waals surface area contributed by atoms with Crippen LogP contribution in [-0.4, -0.2) is 49.6 Å². The van der Waals surface area contributed by atoms with E-state index in [1.165, 1.54) is 17.0 Å². The molecule has 4 atom stereocenters. The number of carboxylic acids is 1. The molecule has 2 saturated heterocycles. The first kappa shape index (κ1) is 21.6. The fourth-order valence-corrected chi connectivity index (χ4v) is 5.86. The zero-order valence-electron chi connectivity index (χ0n) is 17.9. The molecule has 3 fully saturated rings. The van der Waals surface area contributed by atoms with Crippen molar-refractivity contribution in [2.75, 3.05) is 0 Å². The summed E-state index contributed by atoms with van der Waals surface area (Å²) in [6.07, 6.45) is 4.66. The Kier molecular flexibility index (Phi) is 5.45. The predicted octanol–water partition coefficient (Wildman–Crippen LogP) is 2.55. The number of likely N-dealkylation sites (tertiary alicyclic amines) is 1. The molecular weight excluding hydrogens is 400 g/mol. The lowest BCUT2D eigenvalue weighted by Crippen LogP contribution is -2.57. The molecule has 2 aliphatic heterocycles. The summed E-state index contributed by atoms with van der Waals surface area (Å²) in [6, 6.07) is 3.26. The van der Waals surface area contributed by atoms with Crippen LogP contribution >= 0.6 is 0 Å². The maximum absolute atomic E-state index is 13.6. The molecule has 4 N–H and O–H groups in total. The fourth-order valence-electron chi connectivity index (χ4n) is 5.86. The highest BCUT2D eigenvalue weighted by atomic mass is 16.4. The minimum absolute atomic E-state index is 0.0251. The average Bonchev–Trinajstić information content (AvgIpc) is 3.19. The summed E-state index contributed by atoms with van der Waals surface area (Å²) in [5, 5.41) is 33.1. The summed E-state index contributed by atoms with van der Waals surface area (Å²) in [5.74, 6) is -4.44. The minimum Gasteiger partial charge on any atom is -0.504 e. The number of hydrogen-bond donors (Lipinski definition) is 4. The van der Waals surface area contributed by atoms with Gasteiger partial charge in [0.2, 0.25) is 11.8 Å². The highest BCUT2D eigenvalue weighted by molar-refractivity contribution is 6.09. The third-order valence-electron chi connectivity index (χ3n) is 7.10. The lowest BCUT2D eigenvalue weighted by molar-refractivity contribution is -0.153. The van der Waals surface area contributed by atoms with Gasteiger partial charge in [0, 0.05) is 12.1 Å². The molecule has 0 spiro atoms. The number of carboxylic acid groups (broad SMARTS) is 1. The van der Waals surface area contributed by atoms with E-state index in [-0.39, 0.29) is 35.8 Å². The number of aromatic hydroxyl groups is 2. The number of nitrogens with one attached hydrogen (secondary N) is 1. The summed E-state index contributed by atoms with van der Waals surface area (Å²) in [6.45, 7) is 3.78. The van der Waals surface area contributed by atoms with Gasteiger partial charge in [-0.3, -0.25) is 24.6 Å². The van der Waals surface area contributed by atoms with Gasteiger partial charge in [0.25, 0.3) is 0 Å². The molecule has 2 heterocycles. The van der Waals surface area contributed by atoms with Crippen LogP contribution in [0.25, 0.3) is 0 Å². The Labute approximate surface area is 181 Å². The number of nitrogens with zero attached hydrogens (tertiary/aromatic N) is 1. The van der Waals surface area contributed by atoms with Crippen molar-refractivity contribution in [1.82, 2.24) is 10.2 Å². The number of phenols is 2. The summed E-state index contributed by atoms with van der Waals surface area (Å²) in [4.78, 5) is 41.1. The van der Waals surface area contributed by atoms with Gasteiger partial charge >= 0.3 is 5.97 Å². The Balaban J connectivity index is 1.81. The van der Waals surface area contributed by atoms with Crippen LogP contribution in [0.4, 0.5) is 0 Å². The SMILES string of the molecule is CC(C)CC1(C(=O)O)NC(c2ccc(O)c(O)c2)C2C(=O)N(C3CCCCC3)C(=O)C21.